The zero-order chi connectivity index (χ0) is 18.4. The summed E-state index contributed by atoms with van der Waals surface area (Å²) in [5.74, 6) is -0.111. The summed E-state index contributed by atoms with van der Waals surface area (Å²) >= 11 is 1.35. The molecule has 2 aromatic rings. The van der Waals surface area contributed by atoms with E-state index < -0.39 is 0 Å². The van der Waals surface area contributed by atoms with Gasteiger partial charge in [-0.05, 0) is 45.6 Å². The van der Waals surface area contributed by atoms with Crippen LogP contribution < -0.4 is 5.32 Å². The molecule has 6 nitrogen and oxygen atoms in total. The number of amides is 1. The molecule has 1 unspecified atom stereocenters. The van der Waals surface area contributed by atoms with Crippen molar-refractivity contribution >= 4 is 17.7 Å². The fraction of sp³-hybridized carbons (Fsp3) is 0.471. The molecule has 0 saturated carbocycles. The van der Waals surface area contributed by atoms with E-state index in [4.69, 9.17) is 0 Å². The minimum Gasteiger partial charge on any atom is -0.353 e. The van der Waals surface area contributed by atoms with E-state index in [1.165, 1.54) is 23.9 Å². The molecule has 1 N–H and O–H groups in total. The second-order valence-electron chi connectivity index (χ2n) is 6.24. The van der Waals surface area contributed by atoms with E-state index in [0.717, 1.165) is 10.7 Å². The van der Waals surface area contributed by atoms with E-state index in [-0.39, 0.29) is 29.6 Å². The zero-order valence-corrected chi connectivity index (χ0v) is 15.8. The Kier molecular flexibility index (Phi) is 6.95. The van der Waals surface area contributed by atoms with Crippen LogP contribution in [0, 0.1) is 5.82 Å². The number of benzene rings is 1. The highest BCUT2D eigenvalue weighted by molar-refractivity contribution is 7.99. The number of nitrogens with one attached hydrogen (secondary N) is 1. The monoisotopic (exact) mass is 365 g/mol. The molecule has 0 aliphatic rings. The Morgan fingerprint density at radius 1 is 1.40 bits per heavy atom. The number of carbonyl (C=O) groups is 1. The van der Waals surface area contributed by atoms with Crippen LogP contribution in [0.2, 0.25) is 0 Å². The molecule has 0 spiro atoms. The largest absolute Gasteiger partial charge is 0.353 e. The first-order valence-electron chi connectivity index (χ1n) is 8.09. The van der Waals surface area contributed by atoms with Crippen LogP contribution in [0.25, 0.3) is 0 Å². The minimum atomic E-state index is -0.278. The number of nitrogens with zero attached hydrogens (tertiary/aromatic N) is 4. The average molecular weight is 365 g/mol. The number of hydrogen-bond donors (Lipinski definition) is 1. The molecular weight excluding hydrogens is 341 g/mol. The van der Waals surface area contributed by atoms with Gasteiger partial charge in [0.05, 0.1) is 11.8 Å². The van der Waals surface area contributed by atoms with Crippen LogP contribution in [0.4, 0.5) is 4.39 Å². The van der Waals surface area contributed by atoms with Crippen LogP contribution in [0.15, 0.2) is 35.7 Å². The van der Waals surface area contributed by atoms with Crippen molar-refractivity contribution in [1.82, 2.24) is 25.0 Å². The van der Waals surface area contributed by atoms with Gasteiger partial charge in [0.25, 0.3) is 0 Å². The summed E-state index contributed by atoms with van der Waals surface area (Å²) in [5, 5.41) is 11.6. The number of carbonyl (C=O) groups excluding carboxylic acids is 1. The molecule has 25 heavy (non-hydrogen) atoms. The summed E-state index contributed by atoms with van der Waals surface area (Å²) in [6.07, 6.45) is 1.66. The Balaban J connectivity index is 1.90. The average Bonchev–Trinajstić information content (AvgIpc) is 3.01. The normalized spacial score (nSPS) is 12.6. The first kappa shape index (κ1) is 19.4. The molecule has 1 atom stereocenters. The number of thioether (sulfide) groups is 1. The fourth-order valence-electron chi connectivity index (χ4n) is 2.39. The van der Waals surface area contributed by atoms with Crippen molar-refractivity contribution < 1.29 is 9.18 Å². The third-order valence-electron chi connectivity index (χ3n) is 3.78. The van der Waals surface area contributed by atoms with Gasteiger partial charge in [-0.15, -0.1) is 10.2 Å². The first-order valence-corrected chi connectivity index (χ1v) is 9.08. The topological polar surface area (TPSA) is 63.1 Å². The van der Waals surface area contributed by atoms with E-state index in [0.29, 0.717) is 6.54 Å². The molecule has 0 bridgehead atoms. The standard InChI is InChI=1S/C17H24FN5OS/c1-12(2)23-11-20-21-17(23)25-10-16(24)19-9-15(22(3)4)13-6-5-7-14(18)8-13/h5-8,11-12,15H,9-10H2,1-4H3,(H,19,24). The predicted molar refractivity (Wildman–Crippen MR) is 97.0 cm³/mol. The van der Waals surface area contributed by atoms with Crippen molar-refractivity contribution in [2.24, 2.45) is 0 Å². The second-order valence-corrected chi connectivity index (χ2v) is 7.18. The number of aromatic nitrogens is 3. The summed E-state index contributed by atoms with van der Waals surface area (Å²) in [7, 11) is 3.81. The molecule has 2 rings (SSSR count). The fourth-order valence-corrected chi connectivity index (χ4v) is 3.27. The summed E-state index contributed by atoms with van der Waals surface area (Å²) in [6, 6.07) is 6.60. The maximum absolute atomic E-state index is 13.4. The van der Waals surface area contributed by atoms with Gasteiger partial charge in [0.15, 0.2) is 5.16 Å². The van der Waals surface area contributed by atoms with E-state index in [1.54, 1.807) is 12.4 Å². The van der Waals surface area contributed by atoms with Crippen LogP contribution in [0.1, 0.15) is 31.5 Å². The lowest BCUT2D eigenvalue weighted by atomic mass is 10.1. The van der Waals surface area contributed by atoms with Gasteiger partial charge in [-0.1, -0.05) is 23.9 Å². The Labute approximate surface area is 151 Å². The molecule has 1 heterocycles. The smallest absolute Gasteiger partial charge is 0.230 e. The molecule has 8 heteroatoms. The third-order valence-corrected chi connectivity index (χ3v) is 4.74. The maximum atomic E-state index is 13.4. The van der Waals surface area contributed by atoms with Crippen molar-refractivity contribution in [2.75, 3.05) is 26.4 Å². The molecule has 1 amide bonds. The molecular formula is C17H24FN5OS. The molecule has 1 aromatic carbocycles. The van der Waals surface area contributed by atoms with Crippen LogP contribution in [-0.4, -0.2) is 52.0 Å². The van der Waals surface area contributed by atoms with Gasteiger partial charge >= 0.3 is 0 Å². The van der Waals surface area contributed by atoms with Crippen molar-refractivity contribution in [2.45, 2.75) is 31.1 Å². The first-order chi connectivity index (χ1) is 11.9. The third kappa shape index (κ3) is 5.54. The second kappa shape index (κ2) is 8.96. The van der Waals surface area contributed by atoms with Gasteiger partial charge < -0.3 is 14.8 Å². The molecule has 0 radical (unpaired) electrons. The predicted octanol–water partition coefficient (Wildman–Crippen LogP) is 2.51. The number of halogens is 1. The van der Waals surface area contributed by atoms with Crippen molar-refractivity contribution in [3.05, 3.63) is 42.0 Å². The van der Waals surface area contributed by atoms with Crippen LogP contribution in [-0.2, 0) is 4.79 Å². The number of likely N-dealkylation sites (N-methyl/N-ethyl adjacent to an activating group) is 1. The van der Waals surface area contributed by atoms with Crippen molar-refractivity contribution in [3.63, 3.8) is 0 Å². The highest BCUT2D eigenvalue weighted by Crippen LogP contribution is 2.20. The van der Waals surface area contributed by atoms with E-state index in [1.807, 2.05) is 43.5 Å². The van der Waals surface area contributed by atoms with E-state index in [9.17, 15) is 9.18 Å². The van der Waals surface area contributed by atoms with Gasteiger partial charge in [-0.25, -0.2) is 4.39 Å². The summed E-state index contributed by atoms with van der Waals surface area (Å²) < 4.78 is 15.4. The summed E-state index contributed by atoms with van der Waals surface area (Å²) in [4.78, 5) is 14.1. The summed E-state index contributed by atoms with van der Waals surface area (Å²) in [5.41, 5.74) is 0.831. The van der Waals surface area contributed by atoms with Crippen LogP contribution in [0.5, 0.6) is 0 Å². The minimum absolute atomic E-state index is 0.0911. The van der Waals surface area contributed by atoms with Crippen LogP contribution >= 0.6 is 11.8 Å². The lowest BCUT2D eigenvalue weighted by molar-refractivity contribution is -0.118. The Morgan fingerprint density at radius 3 is 2.80 bits per heavy atom. The van der Waals surface area contributed by atoms with Gasteiger partial charge in [0.1, 0.15) is 12.1 Å². The Bertz CT molecular complexity index is 704. The van der Waals surface area contributed by atoms with Crippen molar-refractivity contribution in [1.29, 1.82) is 0 Å². The maximum Gasteiger partial charge on any atom is 0.230 e. The Hall–Kier alpha value is -1.93. The molecule has 0 saturated heterocycles. The van der Waals surface area contributed by atoms with Gasteiger partial charge in [-0.3, -0.25) is 4.79 Å². The molecule has 0 aliphatic heterocycles. The lowest BCUT2D eigenvalue weighted by Crippen LogP contribution is -2.35. The molecule has 136 valence electrons. The summed E-state index contributed by atoms with van der Waals surface area (Å²) in [6.45, 7) is 4.48. The van der Waals surface area contributed by atoms with Gasteiger partial charge in [0.2, 0.25) is 5.91 Å². The van der Waals surface area contributed by atoms with Crippen molar-refractivity contribution in [3.8, 4) is 0 Å². The molecule has 0 fully saturated rings. The number of hydrogen-bond acceptors (Lipinski definition) is 5. The van der Waals surface area contributed by atoms with Gasteiger partial charge in [-0.2, -0.15) is 0 Å². The van der Waals surface area contributed by atoms with E-state index in [2.05, 4.69) is 15.5 Å². The van der Waals surface area contributed by atoms with Crippen LogP contribution in [0.3, 0.4) is 0 Å². The lowest BCUT2D eigenvalue weighted by Gasteiger charge is -2.25. The highest BCUT2D eigenvalue weighted by Gasteiger charge is 2.16. The molecule has 0 aliphatic carbocycles. The van der Waals surface area contributed by atoms with Gasteiger partial charge in [0, 0.05) is 12.6 Å². The SMILES string of the molecule is CC(C)n1cnnc1SCC(=O)NCC(c1cccc(F)c1)N(C)C. The highest BCUT2D eigenvalue weighted by atomic mass is 32.2. The quantitative estimate of drug-likeness (QED) is 0.728. The number of rotatable bonds is 8. The van der Waals surface area contributed by atoms with E-state index >= 15 is 0 Å². The molecule has 1 aromatic heterocycles. The zero-order valence-electron chi connectivity index (χ0n) is 14.9. The Morgan fingerprint density at radius 2 is 2.16 bits per heavy atom.